The Hall–Kier alpha value is -3.54. The molecule has 0 radical (unpaired) electrons. The van der Waals surface area contributed by atoms with Crippen LogP contribution in [0.3, 0.4) is 0 Å². The number of benzene rings is 3. The molecule has 4 aromatic rings. The van der Waals surface area contributed by atoms with Gasteiger partial charge in [-0.3, -0.25) is 4.57 Å². The lowest BCUT2D eigenvalue weighted by molar-refractivity contribution is -0.530. The number of hydrogen-bond acceptors (Lipinski definition) is 1. The Morgan fingerprint density at radius 1 is 0.941 bits per heavy atom. The van der Waals surface area contributed by atoms with Gasteiger partial charge in [-0.2, -0.15) is 0 Å². The monoisotopic (exact) mass is 460 g/mol. The van der Waals surface area contributed by atoms with Crippen LogP contribution in [0, 0.1) is 11.6 Å². The van der Waals surface area contributed by atoms with E-state index >= 15 is 0 Å². The fourth-order valence-corrected chi connectivity index (χ4v) is 5.08. The molecule has 2 heterocycles. The predicted molar refractivity (Wildman–Crippen MR) is 131 cm³/mol. The highest BCUT2D eigenvalue weighted by molar-refractivity contribution is 5.75. The molecule has 34 heavy (non-hydrogen) atoms. The van der Waals surface area contributed by atoms with E-state index in [-0.39, 0.29) is 29.3 Å². The molecule has 0 fully saturated rings. The Labute approximate surface area is 197 Å². The number of rotatable bonds is 7. The highest BCUT2D eigenvalue weighted by atomic mass is 19.1. The van der Waals surface area contributed by atoms with Crippen molar-refractivity contribution in [1.29, 1.82) is 0 Å². The maximum atomic E-state index is 13.5. The first-order valence-corrected chi connectivity index (χ1v) is 11.9. The Morgan fingerprint density at radius 2 is 1.59 bits per heavy atom. The molecule has 174 valence electrons. The first-order chi connectivity index (χ1) is 16.6. The topological polar surface area (TPSA) is 40.8 Å². The highest BCUT2D eigenvalue weighted by Crippen LogP contribution is 2.30. The molecule has 0 aliphatic carbocycles. The number of imidazole rings is 1. The molecule has 1 atom stereocenters. The Morgan fingerprint density at radius 3 is 2.21 bits per heavy atom. The second kappa shape index (κ2) is 9.75. The van der Waals surface area contributed by atoms with Gasteiger partial charge in [0.05, 0.1) is 17.1 Å². The molecular formula is C28H28F2N3O+. The molecule has 1 aromatic heterocycles. The van der Waals surface area contributed by atoms with Crippen molar-refractivity contribution < 1.29 is 13.4 Å². The number of H-pyrrole nitrogens is 1. The van der Waals surface area contributed by atoms with Crippen LogP contribution in [-0.2, 0) is 0 Å². The summed E-state index contributed by atoms with van der Waals surface area (Å²) >= 11 is 0. The van der Waals surface area contributed by atoms with E-state index in [0.717, 1.165) is 60.9 Å². The predicted octanol–water partition coefficient (Wildman–Crippen LogP) is 5.64. The maximum Gasteiger partial charge on any atom is 0.326 e. The van der Waals surface area contributed by atoms with E-state index in [0.29, 0.717) is 0 Å². The molecule has 5 rings (SSSR count). The standard InChI is InChI=1S/C28H27F2N3O/c29-22-11-7-20(8-12-22)25(21-9-13-23(30)14-10-21)4-3-17-32-18-15-24(16-19-32)33-27-6-2-1-5-26(27)31-28(33)34/h1-2,5-14,18,24-25H,3-4,15-17,19H2/p+1. The van der Waals surface area contributed by atoms with Crippen molar-refractivity contribution in [2.45, 2.75) is 37.6 Å². The van der Waals surface area contributed by atoms with Crippen molar-refractivity contribution >= 4 is 17.2 Å². The number of hydrogen-bond donors (Lipinski definition) is 1. The molecule has 0 spiro atoms. The average molecular weight is 461 g/mol. The fraction of sp³-hybridized carbons (Fsp3) is 0.286. The lowest BCUT2D eigenvalue weighted by Gasteiger charge is -2.21. The van der Waals surface area contributed by atoms with Gasteiger partial charge in [0, 0.05) is 25.2 Å². The highest BCUT2D eigenvalue weighted by Gasteiger charge is 2.24. The van der Waals surface area contributed by atoms with Gasteiger partial charge in [0.2, 0.25) is 0 Å². The van der Waals surface area contributed by atoms with Gasteiger partial charge in [0.1, 0.15) is 30.9 Å². The van der Waals surface area contributed by atoms with E-state index in [4.69, 9.17) is 0 Å². The van der Waals surface area contributed by atoms with Crippen LogP contribution in [0.1, 0.15) is 48.8 Å². The number of halogens is 2. The minimum Gasteiger partial charge on any atom is -0.306 e. The van der Waals surface area contributed by atoms with Crippen LogP contribution in [0.5, 0.6) is 0 Å². The van der Waals surface area contributed by atoms with Crippen molar-refractivity contribution in [2.24, 2.45) is 0 Å². The number of aromatic nitrogens is 2. The van der Waals surface area contributed by atoms with Gasteiger partial charge in [-0.15, -0.1) is 0 Å². The van der Waals surface area contributed by atoms with E-state index in [1.807, 2.05) is 53.1 Å². The fourth-order valence-electron chi connectivity index (χ4n) is 5.08. The smallest absolute Gasteiger partial charge is 0.306 e. The SMILES string of the molecule is O=c1[nH]c2ccccc2n1C1CC=[N+](CCCC(c2ccc(F)cc2)c2ccc(F)cc2)CC1. The number of para-hydroxylation sites is 2. The third-order valence-corrected chi connectivity index (χ3v) is 6.86. The molecule has 0 saturated carbocycles. The summed E-state index contributed by atoms with van der Waals surface area (Å²) in [5.41, 5.74) is 3.86. The molecule has 1 aliphatic rings. The van der Waals surface area contributed by atoms with Gasteiger partial charge >= 0.3 is 5.69 Å². The summed E-state index contributed by atoms with van der Waals surface area (Å²) in [5, 5.41) is 0. The number of nitrogens with zero attached hydrogens (tertiary/aromatic N) is 2. The molecule has 1 N–H and O–H groups in total. The second-order valence-electron chi connectivity index (χ2n) is 9.01. The molecule has 1 unspecified atom stereocenters. The van der Waals surface area contributed by atoms with Crippen LogP contribution in [0.2, 0.25) is 0 Å². The Kier molecular flexibility index (Phi) is 6.39. The molecule has 0 bridgehead atoms. The van der Waals surface area contributed by atoms with Gasteiger partial charge in [-0.25, -0.2) is 18.2 Å². The van der Waals surface area contributed by atoms with Crippen LogP contribution in [0.25, 0.3) is 11.0 Å². The summed E-state index contributed by atoms with van der Waals surface area (Å²) in [4.78, 5) is 15.5. The van der Waals surface area contributed by atoms with E-state index in [2.05, 4.69) is 15.8 Å². The number of aromatic amines is 1. The van der Waals surface area contributed by atoms with Crippen molar-refractivity contribution in [3.8, 4) is 0 Å². The summed E-state index contributed by atoms with van der Waals surface area (Å²) in [5.74, 6) is -0.426. The van der Waals surface area contributed by atoms with Gasteiger partial charge in [0.25, 0.3) is 0 Å². The molecule has 3 aromatic carbocycles. The average Bonchev–Trinajstić information content (AvgIpc) is 3.19. The maximum absolute atomic E-state index is 13.5. The van der Waals surface area contributed by atoms with Gasteiger partial charge in [0.15, 0.2) is 0 Å². The lowest BCUT2D eigenvalue weighted by atomic mass is 9.87. The van der Waals surface area contributed by atoms with Crippen molar-refractivity contribution in [1.82, 2.24) is 9.55 Å². The largest absolute Gasteiger partial charge is 0.326 e. The first-order valence-electron chi connectivity index (χ1n) is 11.9. The van der Waals surface area contributed by atoms with Gasteiger partial charge in [-0.1, -0.05) is 36.4 Å². The Bertz CT molecular complexity index is 1310. The van der Waals surface area contributed by atoms with Crippen molar-refractivity contribution in [3.63, 3.8) is 0 Å². The molecular weight excluding hydrogens is 432 g/mol. The number of fused-ring (bicyclic) bond motifs is 1. The van der Waals surface area contributed by atoms with Crippen LogP contribution in [0.4, 0.5) is 8.78 Å². The van der Waals surface area contributed by atoms with Crippen LogP contribution >= 0.6 is 0 Å². The molecule has 4 nitrogen and oxygen atoms in total. The number of nitrogens with one attached hydrogen (secondary N) is 1. The first kappa shape index (κ1) is 22.3. The van der Waals surface area contributed by atoms with Crippen LogP contribution < -0.4 is 5.69 Å². The van der Waals surface area contributed by atoms with Crippen LogP contribution in [0.15, 0.2) is 77.6 Å². The van der Waals surface area contributed by atoms with Gasteiger partial charge < -0.3 is 4.98 Å². The van der Waals surface area contributed by atoms with Crippen molar-refractivity contribution in [2.75, 3.05) is 13.1 Å². The minimum absolute atomic E-state index is 0.0468. The van der Waals surface area contributed by atoms with E-state index in [9.17, 15) is 13.6 Å². The van der Waals surface area contributed by atoms with E-state index in [1.165, 1.54) is 24.3 Å². The summed E-state index contributed by atoms with van der Waals surface area (Å²) in [6, 6.07) is 21.2. The molecule has 6 heteroatoms. The van der Waals surface area contributed by atoms with Gasteiger partial charge in [-0.05, 0) is 53.9 Å². The summed E-state index contributed by atoms with van der Waals surface area (Å²) in [6.45, 7) is 1.81. The molecule has 0 saturated heterocycles. The Balaban J connectivity index is 1.25. The second-order valence-corrected chi connectivity index (χ2v) is 9.01. The van der Waals surface area contributed by atoms with E-state index in [1.54, 1.807) is 0 Å². The summed E-state index contributed by atoms with van der Waals surface area (Å²) in [7, 11) is 0. The summed E-state index contributed by atoms with van der Waals surface area (Å²) < 4.78 is 31.2. The molecule has 1 aliphatic heterocycles. The van der Waals surface area contributed by atoms with E-state index < -0.39 is 0 Å². The normalized spacial score (nSPS) is 16.2. The third-order valence-electron chi connectivity index (χ3n) is 6.86. The zero-order valence-electron chi connectivity index (χ0n) is 19.0. The minimum atomic E-state index is -0.256. The summed E-state index contributed by atoms with van der Waals surface area (Å²) in [6.07, 6.45) is 5.78. The molecule has 0 amide bonds. The third kappa shape index (κ3) is 4.72. The quantitative estimate of drug-likeness (QED) is 0.357. The lowest BCUT2D eigenvalue weighted by Crippen LogP contribution is -2.31. The van der Waals surface area contributed by atoms with Crippen molar-refractivity contribution in [3.05, 3.63) is 106 Å². The van der Waals surface area contributed by atoms with Crippen LogP contribution in [-0.4, -0.2) is 33.4 Å². The zero-order chi connectivity index (χ0) is 23.5. The zero-order valence-corrected chi connectivity index (χ0v) is 19.0.